The van der Waals surface area contributed by atoms with Gasteiger partial charge in [-0.25, -0.2) is 0 Å². The Morgan fingerprint density at radius 1 is 1.18 bits per heavy atom. The molecule has 22 heavy (non-hydrogen) atoms. The highest BCUT2D eigenvalue weighted by Gasteiger charge is 2.12. The molecule has 0 aliphatic carbocycles. The molecule has 1 aromatic carbocycles. The van der Waals surface area contributed by atoms with Crippen LogP contribution in [-0.2, 0) is 0 Å². The summed E-state index contributed by atoms with van der Waals surface area (Å²) in [4.78, 5) is 6.38. The van der Waals surface area contributed by atoms with Gasteiger partial charge in [0.1, 0.15) is 18.4 Å². The molecule has 1 heterocycles. The highest BCUT2D eigenvalue weighted by molar-refractivity contribution is 5.61. The maximum Gasteiger partial charge on any atom is 0.119 e. The van der Waals surface area contributed by atoms with Crippen LogP contribution >= 0.6 is 0 Å². The zero-order valence-corrected chi connectivity index (χ0v) is 13.6. The molecule has 0 aliphatic heterocycles. The molecule has 0 N–H and O–H groups in total. The van der Waals surface area contributed by atoms with Crippen LogP contribution in [-0.4, -0.2) is 25.2 Å². The van der Waals surface area contributed by atoms with Gasteiger partial charge in [-0.05, 0) is 39.0 Å². The van der Waals surface area contributed by atoms with Gasteiger partial charge in [0.05, 0.1) is 23.5 Å². The van der Waals surface area contributed by atoms with E-state index in [-0.39, 0.29) is 0 Å². The fourth-order valence-corrected chi connectivity index (χ4v) is 2.30. The summed E-state index contributed by atoms with van der Waals surface area (Å²) < 4.78 is 5.75. The number of ether oxygens (including phenoxy) is 1. The quantitative estimate of drug-likeness (QED) is 0.848. The summed E-state index contributed by atoms with van der Waals surface area (Å²) in [6.07, 6.45) is 0. The minimum atomic E-state index is 0.560. The van der Waals surface area contributed by atoms with E-state index in [1.807, 2.05) is 56.1 Å². The average molecular weight is 295 g/mol. The smallest absolute Gasteiger partial charge is 0.119 e. The Morgan fingerprint density at radius 3 is 2.50 bits per heavy atom. The van der Waals surface area contributed by atoms with Crippen molar-refractivity contribution < 1.29 is 4.74 Å². The topological polar surface area (TPSA) is 49.1 Å². The standard InChI is InChI=1S/C18H21N3O/c1-13-5-7-16(8-6-13)22-10-9-21(4)18-11-14(2)20-15(3)17(18)12-19/h5-8,11H,9-10H2,1-4H3. The number of nitrogens with zero attached hydrogens (tertiary/aromatic N) is 3. The van der Waals surface area contributed by atoms with E-state index in [9.17, 15) is 5.26 Å². The predicted molar refractivity (Wildman–Crippen MR) is 88.4 cm³/mol. The molecule has 114 valence electrons. The van der Waals surface area contributed by atoms with Crippen LogP contribution in [0, 0.1) is 32.1 Å². The van der Waals surface area contributed by atoms with E-state index in [2.05, 4.69) is 18.0 Å². The van der Waals surface area contributed by atoms with Crippen LogP contribution in [0.5, 0.6) is 5.75 Å². The van der Waals surface area contributed by atoms with E-state index in [1.165, 1.54) is 5.56 Å². The van der Waals surface area contributed by atoms with Gasteiger partial charge in [0.25, 0.3) is 0 Å². The number of nitriles is 1. The number of anilines is 1. The number of aromatic nitrogens is 1. The van der Waals surface area contributed by atoms with Crippen molar-refractivity contribution in [2.75, 3.05) is 25.1 Å². The van der Waals surface area contributed by atoms with Crippen molar-refractivity contribution in [1.29, 1.82) is 5.26 Å². The molecule has 1 aromatic heterocycles. The van der Waals surface area contributed by atoms with E-state index < -0.39 is 0 Å². The third-order valence-electron chi connectivity index (χ3n) is 3.55. The van der Waals surface area contributed by atoms with Crippen LogP contribution in [0.25, 0.3) is 0 Å². The van der Waals surface area contributed by atoms with E-state index in [4.69, 9.17) is 4.74 Å². The van der Waals surface area contributed by atoms with Crippen LogP contribution in [0.4, 0.5) is 5.69 Å². The molecule has 0 bridgehead atoms. The zero-order chi connectivity index (χ0) is 16.1. The van der Waals surface area contributed by atoms with Crippen molar-refractivity contribution in [3.8, 4) is 11.8 Å². The van der Waals surface area contributed by atoms with Gasteiger partial charge in [-0.15, -0.1) is 0 Å². The fraction of sp³-hybridized carbons (Fsp3) is 0.333. The third kappa shape index (κ3) is 3.76. The average Bonchev–Trinajstić information content (AvgIpc) is 2.48. The van der Waals surface area contributed by atoms with Crippen LogP contribution in [0.2, 0.25) is 0 Å². The second kappa shape index (κ2) is 6.95. The van der Waals surface area contributed by atoms with Crippen LogP contribution in [0.1, 0.15) is 22.5 Å². The van der Waals surface area contributed by atoms with Crippen molar-refractivity contribution in [2.24, 2.45) is 0 Å². The molecule has 0 amide bonds. The van der Waals surface area contributed by atoms with Crippen molar-refractivity contribution in [3.05, 3.63) is 52.8 Å². The molecule has 0 spiro atoms. The van der Waals surface area contributed by atoms with Gasteiger partial charge in [0.2, 0.25) is 0 Å². The summed E-state index contributed by atoms with van der Waals surface area (Å²) in [5.74, 6) is 0.863. The molecule has 4 nitrogen and oxygen atoms in total. The summed E-state index contributed by atoms with van der Waals surface area (Å²) >= 11 is 0. The summed E-state index contributed by atoms with van der Waals surface area (Å²) in [6.45, 7) is 7.12. The molecule has 2 rings (SSSR count). The first-order valence-corrected chi connectivity index (χ1v) is 7.30. The molecule has 0 unspecified atom stereocenters. The number of benzene rings is 1. The Bertz CT molecular complexity index is 687. The number of likely N-dealkylation sites (N-methyl/N-ethyl adjacent to an activating group) is 1. The molecule has 2 aromatic rings. The van der Waals surface area contributed by atoms with Gasteiger partial charge >= 0.3 is 0 Å². The predicted octanol–water partition coefficient (Wildman–Crippen LogP) is 3.39. The second-order valence-corrected chi connectivity index (χ2v) is 5.44. The van der Waals surface area contributed by atoms with E-state index in [0.29, 0.717) is 18.7 Å². The Labute approximate surface area is 132 Å². The maximum atomic E-state index is 9.32. The number of pyridine rings is 1. The molecule has 0 radical (unpaired) electrons. The highest BCUT2D eigenvalue weighted by Crippen LogP contribution is 2.22. The largest absolute Gasteiger partial charge is 0.492 e. The van der Waals surface area contributed by atoms with Crippen molar-refractivity contribution in [1.82, 2.24) is 4.98 Å². The summed E-state index contributed by atoms with van der Waals surface area (Å²) in [6, 6.07) is 12.2. The molecule has 0 atom stereocenters. The van der Waals surface area contributed by atoms with Crippen LogP contribution in [0.15, 0.2) is 30.3 Å². The summed E-state index contributed by atoms with van der Waals surface area (Å²) in [7, 11) is 1.97. The van der Waals surface area contributed by atoms with E-state index >= 15 is 0 Å². The van der Waals surface area contributed by atoms with Gasteiger partial charge in [-0.2, -0.15) is 5.26 Å². The summed E-state index contributed by atoms with van der Waals surface area (Å²) in [5.41, 5.74) is 4.43. The molecule has 0 saturated carbocycles. The minimum absolute atomic E-state index is 0.560. The lowest BCUT2D eigenvalue weighted by molar-refractivity contribution is 0.326. The molecule has 0 aliphatic rings. The van der Waals surface area contributed by atoms with Gasteiger partial charge in [-0.3, -0.25) is 4.98 Å². The van der Waals surface area contributed by atoms with Gasteiger partial charge in [0.15, 0.2) is 0 Å². The molecular formula is C18H21N3O. The minimum Gasteiger partial charge on any atom is -0.492 e. The molecular weight excluding hydrogens is 274 g/mol. The highest BCUT2D eigenvalue weighted by atomic mass is 16.5. The zero-order valence-electron chi connectivity index (χ0n) is 13.6. The lowest BCUT2D eigenvalue weighted by Gasteiger charge is -2.21. The SMILES string of the molecule is Cc1ccc(OCCN(C)c2cc(C)nc(C)c2C#N)cc1. The van der Waals surface area contributed by atoms with Crippen molar-refractivity contribution in [3.63, 3.8) is 0 Å². The number of aryl methyl sites for hydroxylation is 3. The Hall–Kier alpha value is -2.54. The van der Waals surface area contributed by atoms with Crippen molar-refractivity contribution >= 4 is 5.69 Å². The van der Waals surface area contributed by atoms with E-state index in [1.54, 1.807) is 0 Å². The Kier molecular flexibility index (Phi) is 5.00. The van der Waals surface area contributed by atoms with Crippen LogP contribution < -0.4 is 9.64 Å². The lowest BCUT2D eigenvalue weighted by Crippen LogP contribution is -2.25. The Balaban J connectivity index is 2.02. The first kappa shape index (κ1) is 15.8. The number of hydrogen-bond acceptors (Lipinski definition) is 4. The van der Waals surface area contributed by atoms with Crippen LogP contribution in [0.3, 0.4) is 0 Å². The van der Waals surface area contributed by atoms with Gasteiger partial charge in [-0.1, -0.05) is 17.7 Å². The maximum absolute atomic E-state index is 9.32. The first-order chi connectivity index (χ1) is 10.5. The first-order valence-electron chi connectivity index (χ1n) is 7.30. The Morgan fingerprint density at radius 2 is 1.86 bits per heavy atom. The number of rotatable bonds is 5. The van der Waals surface area contributed by atoms with Gasteiger partial charge in [0, 0.05) is 12.7 Å². The van der Waals surface area contributed by atoms with Crippen molar-refractivity contribution in [2.45, 2.75) is 20.8 Å². The van der Waals surface area contributed by atoms with E-state index in [0.717, 1.165) is 22.8 Å². The normalized spacial score (nSPS) is 10.1. The lowest BCUT2D eigenvalue weighted by atomic mass is 10.1. The van der Waals surface area contributed by atoms with Gasteiger partial charge < -0.3 is 9.64 Å². The summed E-state index contributed by atoms with van der Waals surface area (Å²) in [5, 5.41) is 9.32. The third-order valence-corrected chi connectivity index (χ3v) is 3.55. The second-order valence-electron chi connectivity index (χ2n) is 5.44. The monoisotopic (exact) mass is 295 g/mol. The molecule has 0 fully saturated rings. The molecule has 4 heteroatoms. The number of hydrogen-bond donors (Lipinski definition) is 0. The fourth-order valence-electron chi connectivity index (χ4n) is 2.30. The molecule has 0 saturated heterocycles.